The first-order valence-corrected chi connectivity index (χ1v) is 14.7. The molecular formula is C39H24N4. The smallest absolute Gasteiger partial charge is 0.145 e. The average molecular weight is 549 g/mol. The van der Waals surface area contributed by atoms with Crippen molar-refractivity contribution in [3.63, 3.8) is 0 Å². The normalized spacial score (nSPS) is 12.2. The van der Waals surface area contributed by atoms with Crippen LogP contribution in [0.2, 0.25) is 0 Å². The molecule has 0 aliphatic rings. The first-order chi connectivity index (χ1) is 21.4. The van der Waals surface area contributed by atoms with Crippen LogP contribution in [0, 0.1) is 0 Å². The van der Waals surface area contributed by atoms with Crippen molar-refractivity contribution in [2.75, 3.05) is 0 Å². The average Bonchev–Trinajstić information content (AvgIpc) is 3.78. The van der Waals surface area contributed by atoms with E-state index in [4.69, 9.17) is 4.98 Å². The Morgan fingerprint density at radius 1 is 0.419 bits per heavy atom. The fourth-order valence-electron chi connectivity index (χ4n) is 7.32. The van der Waals surface area contributed by atoms with E-state index in [-0.39, 0.29) is 0 Å². The highest BCUT2D eigenvalue weighted by Crippen LogP contribution is 2.43. The number of nitrogens with zero attached hydrogens (tertiary/aromatic N) is 4. The molecule has 0 saturated heterocycles. The molecule has 0 bridgehead atoms. The first kappa shape index (κ1) is 22.8. The Morgan fingerprint density at radius 2 is 1.00 bits per heavy atom. The largest absolute Gasteiger partial charge is 0.309 e. The highest BCUT2D eigenvalue weighted by atomic mass is 15.0. The minimum absolute atomic E-state index is 0.973. The quantitative estimate of drug-likeness (QED) is 0.198. The minimum atomic E-state index is 0.973. The van der Waals surface area contributed by atoms with Crippen LogP contribution in [0.4, 0.5) is 0 Å². The molecule has 10 aromatic rings. The summed E-state index contributed by atoms with van der Waals surface area (Å²) in [7, 11) is 0. The molecule has 0 aliphatic heterocycles. The molecule has 4 nitrogen and oxygen atoms in total. The van der Waals surface area contributed by atoms with Gasteiger partial charge < -0.3 is 9.13 Å². The lowest BCUT2D eigenvalue weighted by molar-refractivity contribution is 1.18. The third-order valence-corrected chi connectivity index (χ3v) is 9.07. The van der Waals surface area contributed by atoms with E-state index in [1.54, 1.807) is 0 Å². The maximum absolute atomic E-state index is 4.90. The van der Waals surface area contributed by atoms with E-state index in [0.29, 0.717) is 0 Å². The van der Waals surface area contributed by atoms with E-state index >= 15 is 0 Å². The third kappa shape index (κ3) is 2.97. The number of para-hydroxylation sites is 4. The van der Waals surface area contributed by atoms with Crippen LogP contribution < -0.4 is 0 Å². The van der Waals surface area contributed by atoms with Gasteiger partial charge in [-0.05, 0) is 54.6 Å². The standard InChI is InChI=1S/C39H24N4/c1-3-11-25(12-4-1)42-33-17-9-8-16-28(33)31-23-35-32(24-36(31)42)37-30(39-40-21-22-41(35)39)20-19-29-27-15-7-10-18-34(27)43(38(29)37)26-13-5-2-6-14-26/h1-24H. The number of pyridine rings is 1. The zero-order chi connectivity index (χ0) is 28.1. The number of hydrogen-bond donors (Lipinski definition) is 0. The highest BCUT2D eigenvalue weighted by Gasteiger charge is 2.21. The highest BCUT2D eigenvalue weighted by molar-refractivity contribution is 6.29. The van der Waals surface area contributed by atoms with Gasteiger partial charge in [0.2, 0.25) is 0 Å². The van der Waals surface area contributed by atoms with E-state index in [2.05, 4.69) is 153 Å². The second-order valence-corrected chi connectivity index (χ2v) is 11.3. The zero-order valence-corrected chi connectivity index (χ0v) is 23.1. The van der Waals surface area contributed by atoms with Gasteiger partial charge in [-0.15, -0.1) is 0 Å². The van der Waals surface area contributed by atoms with E-state index in [1.807, 2.05) is 6.20 Å². The Hall–Kier alpha value is -5.87. The molecule has 0 aliphatic carbocycles. The van der Waals surface area contributed by atoms with Gasteiger partial charge in [-0.25, -0.2) is 4.98 Å². The van der Waals surface area contributed by atoms with E-state index in [1.165, 1.54) is 54.4 Å². The van der Waals surface area contributed by atoms with Crippen LogP contribution in [0.3, 0.4) is 0 Å². The van der Waals surface area contributed by atoms with Crippen molar-refractivity contribution in [2.45, 2.75) is 0 Å². The summed E-state index contributed by atoms with van der Waals surface area (Å²) >= 11 is 0. The summed E-state index contributed by atoms with van der Waals surface area (Å²) in [6.07, 6.45) is 4.01. The van der Waals surface area contributed by atoms with E-state index in [9.17, 15) is 0 Å². The van der Waals surface area contributed by atoms with Crippen LogP contribution in [-0.2, 0) is 0 Å². The number of imidazole rings is 1. The second-order valence-electron chi connectivity index (χ2n) is 11.3. The van der Waals surface area contributed by atoms with Gasteiger partial charge in [0.15, 0.2) is 0 Å². The Kier molecular flexibility index (Phi) is 4.42. The van der Waals surface area contributed by atoms with Gasteiger partial charge in [0.1, 0.15) is 5.65 Å². The fourth-order valence-corrected chi connectivity index (χ4v) is 7.32. The van der Waals surface area contributed by atoms with Gasteiger partial charge in [-0.2, -0.15) is 0 Å². The molecule has 0 saturated carbocycles. The van der Waals surface area contributed by atoms with Gasteiger partial charge in [-0.1, -0.05) is 78.9 Å². The molecule has 0 atom stereocenters. The van der Waals surface area contributed by atoms with Crippen molar-refractivity contribution >= 4 is 70.9 Å². The van der Waals surface area contributed by atoms with Crippen LogP contribution in [0.25, 0.3) is 82.3 Å². The Morgan fingerprint density at radius 3 is 1.74 bits per heavy atom. The number of rotatable bonds is 2. The summed E-state index contributed by atoms with van der Waals surface area (Å²) in [5.74, 6) is 0. The second kappa shape index (κ2) is 8.34. The molecule has 0 unspecified atom stereocenters. The monoisotopic (exact) mass is 548 g/mol. The molecule has 0 amide bonds. The van der Waals surface area contributed by atoms with Crippen molar-refractivity contribution < 1.29 is 0 Å². The van der Waals surface area contributed by atoms with Crippen molar-refractivity contribution in [2.24, 2.45) is 0 Å². The molecule has 10 rings (SSSR count). The van der Waals surface area contributed by atoms with Gasteiger partial charge >= 0.3 is 0 Å². The van der Waals surface area contributed by atoms with Gasteiger partial charge in [-0.3, -0.25) is 4.40 Å². The number of hydrogen-bond acceptors (Lipinski definition) is 1. The van der Waals surface area contributed by atoms with Gasteiger partial charge in [0.25, 0.3) is 0 Å². The summed E-state index contributed by atoms with van der Waals surface area (Å²) in [6, 6.07) is 48.2. The molecule has 4 heterocycles. The van der Waals surface area contributed by atoms with Crippen LogP contribution in [0.15, 0.2) is 146 Å². The Labute approximate surface area is 246 Å². The Balaban J connectivity index is 1.50. The molecule has 4 heteroatoms. The van der Waals surface area contributed by atoms with Crippen molar-refractivity contribution in [1.29, 1.82) is 0 Å². The first-order valence-electron chi connectivity index (χ1n) is 14.7. The summed E-state index contributed by atoms with van der Waals surface area (Å²) in [6.45, 7) is 0. The van der Waals surface area contributed by atoms with E-state index < -0.39 is 0 Å². The lowest BCUT2D eigenvalue weighted by Crippen LogP contribution is -1.97. The number of benzene rings is 6. The number of fused-ring (bicyclic) bond motifs is 13. The van der Waals surface area contributed by atoms with Crippen LogP contribution in [0.1, 0.15) is 0 Å². The maximum Gasteiger partial charge on any atom is 0.145 e. The molecule has 0 radical (unpaired) electrons. The summed E-state index contributed by atoms with van der Waals surface area (Å²) in [4.78, 5) is 4.90. The SMILES string of the molecule is c1ccc(-n2c3ccccc3c3cc4c(cc32)c2c(ccc3c5ccccc5n(-c5ccccc5)c32)c2nccn42)cc1. The van der Waals surface area contributed by atoms with E-state index in [0.717, 1.165) is 27.9 Å². The van der Waals surface area contributed by atoms with Crippen LogP contribution >= 0.6 is 0 Å². The summed E-state index contributed by atoms with van der Waals surface area (Å²) in [5.41, 5.74) is 9.24. The molecule has 4 aromatic heterocycles. The molecule has 0 fully saturated rings. The molecule has 0 N–H and O–H groups in total. The fraction of sp³-hybridized carbons (Fsp3) is 0. The Bertz CT molecular complexity index is 2710. The van der Waals surface area contributed by atoms with Crippen LogP contribution in [0.5, 0.6) is 0 Å². The minimum Gasteiger partial charge on any atom is -0.309 e. The third-order valence-electron chi connectivity index (χ3n) is 9.07. The van der Waals surface area contributed by atoms with Gasteiger partial charge in [0.05, 0.1) is 27.6 Å². The summed E-state index contributed by atoms with van der Waals surface area (Å²) in [5, 5.41) is 8.54. The lowest BCUT2D eigenvalue weighted by atomic mass is 10.0. The number of aromatic nitrogens is 4. The zero-order valence-electron chi connectivity index (χ0n) is 23.1. The predicted molar refractivity (Wildman–Crippen MR) is 179 cm³/mol. The lowest BCUT2D eigenvalue weighted by Gasteiger charge is -2.14. The topological polar surface area (TPSA) is 27.2 Å². The molecular weight excluding hydrogens is 524 g/mol. The maximum atomic E-state index is 4.90. The molecule has 0 spiro atoms. The van der Waals surface area contributed by atoms with Crippen molar-refractivity contribution in [3.05, 3.63) is 146 Å². The predicted octanol–water partition coefficient (Wildman–Crippen LogP) is 9.83. The van der Waals surface area contributed by atoms with Gasteiger partial charge in [0, 0.05) is 61.5 Å². The van der Waals surface area contributed by atoms with Crippen LogP contribution in [-0.4, -0.2) is 18.5 Å². The molecule has 200 valence electrons. The van der Waals surface area contributed by atoms with Crippen molar-refractivity contribution in [3.8, 4) is 11.4 Å². The van der Waals surface area contributed by atoms with Crippen molar-refractivity contribution in [1.82, 2.24) is 18.5 Å². The summed E-state index contributed by atoms with van der Waals surface area (Å²) < 4.78 is 7.09. The molecule has 43 heavy (non-hydrogen) atoms. The molecule has 6 aromatic carbocycles.